The third-order valence-corrected chi connectivity index (χ3v) is 2.84. The van der Waals surface area contributed by atoms with E-state index in [4.69, 9.17) is 70.3 Å². The van der Waals surface area contributed by atoms with E-state index in [1.807, 2.05) is 0 Å². The summed E-state index contributed by atoms with van der Waals surface area (Å²) in [6.45, 7) is -1.52. The number of carbonyl (C=O) groups excluding carboxylic acids is 2. The van der Waals surface area contributed by atoms with Crippen LogP contribution in [0.5, 0.6) is 0 Å². The first-order chi connectivity index (χ1) is 13.1. The summed E-state index contributed by atoms with van der Waals surface area (Å²) in [5, 5.41) is 87.1. The molecular weight excluding hydrogens is 431 g/mol. The second kappa shape index (κ2) is 16.8. The highest BCUT2D eigenvalue weighted by atomic mass is 31.2. The minimum Gasteiger partial charge on any atom is -0.394 e. The Bertz CT molecular complexity index is 431. The van der Waals surface area contributed by atoms with Gasteiger partial charge in [-0.05, 0) is 0 Å². The first-order valence-electron chi connectivity index (χ1n) is 7.44. The lowest BCUT2D eigenvalue weighted by Gasteiger charge is -2.22. The molecule has 0 aliphatic carbocycles. The molecule has 0 bridgehead atoms. The van der Waals surface area contributed by atoms with Crippen LogP contribution in [0.2, 0.25) is 0 Å². The van der Waals surface area contributed by atoms with Gasteiger partial charge in [0.15, 0.2) is 12.6 Å². The molecular formula is C12H27O16P. The van der Waals surface area contributed by atoms with Crippen molar-refractivity contribution >= 4 is 20.4 Å². The Morgan fingerprint density at radius 3 is 0.931 bits per heavy atom. The van der Waals surface area contributed by atoms with Crippen molar-refractivity contribution in [3.8, 4) is 0 Å². The maximum absolute atomic E-state index is 9.90. The zero-order valence-corrected chi connectivity index (χ0v) is 15.6. The van der Waals surface area contributed by atoms with Crippen LogP contribution >= 0.6 is 7.82 Å². The molecule has 176 valence electrons. The minimum atomic E-state index is -4.64. The van der Waals surface area contributed by atoms with Crippen LogP contribution in [0.15, 0.2) is 0 Å². The zero-order chi connectivity index (χ0) is 23.9. The molecule has 0 aliphatic rings. The van der Waals surface area contributed by atoms with Gasteiger partial charge in [0.1, 0.15) is 48.8 Å². The second-order valence-electron chi connectivity index (χ2n) is 5.23. The fraction of sp³-hybridized carbons (Fsp3) is 0.833. The molecule has 8 atom stereocenters. The monoisotopic (exact) mass is 458 g/mol. The average molecular weight is 458 g/mol. The predicted molar refractivity (Wildman–Crippen MR) is 88.6 cm³/mol. The molecule has 0 spiro atoms. The summed E-state index contributed by atoms with van der Waals surface area (Å²) < 4.78 is 8.88. The lowest BCUT2D eigenvalue weighted by atomic mass is 10.0. The second-order valence-corrected chi connectivity index (χ2v) is 6.26. The smallest absolute Gasteiger partial charge is 0.394 e. The van der Waals surface area contributed by atoms with E-state index in [1.54, 1.807) is 0 Å². The molecule has 29 heavy (non-hydrogen) atoms. The Morgan fingerprint density at radius 2 is 0.793 bits per heavy atom. The van der Waals surface area contributed by atoms with Crippen LogP contribution in [0.4, 0.5) is 0 Å². The average Bonchev–Trinajstić information content (AvgIpc) is 2.67. The van der Waals surface area contributed by atoms with Crippen LogP contribution in [0.1, 0.15) is 0 Å². The number of aldehydes is 2. The van der Waals surface area contributed by atoms with Crippen molar-refractivity contribution in [3.63, 3.8) is 0 Å². The number of aliphatic hydroxyl groups is 10. The van der Waals surface area contributed by atoms with Gasteiger partial charge in [0.25, 0.3) is 0 Å². The topological polar surface area (TPSA) is 314 Å². The highest BCUT2D eigenvalue weighted by Crippen LogP contribution is 2.25. The van der Waals surface area contributed by atoms with Crippen LogP contribution in [0.3, 0.4) is 0 Å². The summed E-state index contributed by atoms with van der Waals surface area (Å²) in [5.41, 5.74) is 0. The first-order valence-corrected chi connectivity index (χ1v) is 9.00. The number of carbonyl (C=O) groups is 2. The fourth-order valence-electron chi connectivity index (χ4n) is 1.24. The van der Waals surface area contributed by atoms with E-state index in [1.165, 1.54) is 0 Å². The van der Waals surface area contributed by atoms with Gasteiger partial charge in [-0.15, -0.1) is 0 Å². The van der Waals surface area contributed by atoms with Gasteiger partial charge in [-0.1, -0.05) is 0 Å². The number of hydrogen-bond donors (Lipinski definition) is 13. The summed E-state index contributed by atoms with van der Waals surface area (Å²) in [6.07, 6.45) is -13.7. The SMILES string of the molecule is O=C[C@H](O)[C@@H](O)[C@H](O)[C@H](O)CO.O=C[C@H](O)[C@@H](O)[C@H](O)[C@H](O)CO.O=P(O)(O)O. The Morgan fingerprint density at radius 1 is 0.586 bits per heavy atom. The molecule has 0 saturated carbocycles. The summed E-state index contributed by atoms with van der Waals surface area (Å²) >= 11 is 0. The van der Waals surface area contributed by atoms with E-state index in [-0.39, 0.29) is 12.6 Å². The van der Waals surface area contributed by atoms with E-state index in [2.05, 4.69) is 0 Å². The van der Waals surface area contributed by atoms with Crippen molar-refractivity contribution in [1.82, 2.24) is 0 Å². The van der Waals surface area contributed by atoms with E-state index in [0.29, 0.717) is 0 Å². The van der Waals surface area contributed by atoms with Crippen molar-refractivity contribution < 1.29 is 79.9 Å². The summed E-state index contributed by atoms with van der Waals surface area (Å²) in [7, 11) is -4.64. The molecule has 0 aromatic rings. The minimum absolute atomic E-state index is 0.0258. The highest BCUT2D eigenvalue weighted by molar-refractivity contribution is 7.45. The molecule has 16 nitrogen and oxygen atoms in total. The zero-order valence-electron chi connectivity index (χ0n) is 14.7. The van der Waals surface area contributed by atoms with Gasteiger partial charge in [0.05, 0.1) is 13.2 Å². The van der Waals surface area contributed by atoms with E-state index in [0.717, 1.165) is 0 Å². The molecule has 0 fully saturated rings. The maximum atomic E-state index is 9.90. The number of phosphoric acid groups is 1. The van der Waals surface area contributed by atoms with Crippen molar-refractivity contribution in [1.29, 1.82) is 0 Å². The Balaban J connectivity index is -0.000000380. The lowest BCUT2D eigenvalue weighted by molar-refractivity contribution is -0.136. The van der Waals surface area contributed by atoms with Crippen LogP contribution in [0.25, 0.3) is 0 Å². The molecule has 0 radical (unpaired) electrons. The van der Waals surface area contributed by atoms with Gasteiger partial charge in [-0.2, -0.15) is 0 Å². The molecule has 0 rings (SSSR count). The Labute approximate surface area is 163 Å². The third kappa shape index (κ3) is 17.6. The van der Waals surface area contributed by atoms with Gasteiger partial charge in [0.2, 0.25) is 0 Å². The van der Waals surface area contributed by atoms with Crippen LogP contribution < -0.4 is 0 Å². The maximum Gasteiger partial charge on any atom is 0.466 e. The first kappa shape index (κ1) is 32.7. The van der Waals surface area contributed by atoms with Gasteiger partial charge in [-0.25, -0.2) is 4.57 Å². The van der Waals surface area contributed by atoms with Crippen LogP contribution in [-0.4, -0.2) is 140 Å². The molecule has 0 saturated heterocycles. The normalized spacial score (nSPS) is 19.5. The van der Waals surface area contributed by atoms with Gasteiger partial charge >= 0.3 is 7.82 Å². The van der Waals surface area contributed by atoms with Crippen molar-refractivity contribution in [2.45, 2.75) is 48.8 Å². The predicted octanol–water partition coefficient (Wildman–Crippen LogP) is -7.69. The fourth-order valence-corrected chi connectivity index (χ4v) is 1.24. The van der Waals surface area contributed by atoms with Gasteiger partial charge in [-0.3, -0.25) is 0 Å². The van der Waals surface area contributed by atoms with Gasteiger partial charge < -0.3 is 75.3 Å². The van der Waals surface area contributed by atoms with E-state index < -0.39 is 69.9 Å². The standard InChI is InChI=1S/2C6H12O6.H3O4P/c2*7-1-3(9)5(11)6(12)4(10)2-8;1-5(2,3)4/h2*1,3-6,8-12H,2H2;(H3,1,2,3,4)/t2*3-,4+,5+,6+;/m00./s1. The van der Waals surface area contributed by atoms with E-state index in [9.17, 15) is 9.59 Å². The highest BCUT2D eigenvalue weighted by Gasteiger charge is 2.30. The lowest BCUT2D eigenvalue weighted by Crippen LogP contribution is -2.46. The van der Waals surface area contributed by atoms with Gasteiger partial charge in [0, 0.05) is 0 Å². The molecule has 17 heteroatoms. The Hall–Kier alpha value is -0.950. The summed E-state index contributed by atoms with van der Waals surface area (Å²) in [4.78, 5) is 41.4. The van der Waals surface area contributed by atoms with Crippen LogP contribution in [-0.2, 0) is 14.2 Å². The number of aliphatic hydroxyl groups excluding tert-OH is 10. The van der Waals surface area contributed by atoms with Crippen molar-refractivity contribution in [2.24, 2.45) is 0 Å². The molecule has 0 heterocycles. The molecule has 0 aromatic heterocycles. The number of rotatable bonds is 10. The van der Waals surface area contributed by atoms with Crippen molar-refractivity contribution in [3.05, 3.63) is 0 Å². The molecule has 0 aromatic carbocycles. The molecule has 0 unspecified atom stereocenters. The number of hydrogen-bond acceptors (Lipinski definition) is 13. The van der Waals surface area contributed by atoms with E-state index >= 15 is 0 Å². The largest absolute Gasteiger partial charge is 0.466 e. The Kier molecular flexibility index (Phi) is 19.0. The third-order valence-electron chi connectivity index (χ3n) is 2.84. The molecule has 0 aliphatic heterocycles. The molecule has 13 N–H and O–H groups in total. The summed E-state index contributed by atoms with van der Waals surface area (Å²) in [5.74, 6) is 0. The van der Waals surface area contributed by atoms with Crippen LogP contribution in [0, 0.1) is 0 Å². The quantitative estimate of drug-likeness (QED) is 0.107. The molecule has 0 amide bonds. The summed E-state index contributed by atoms with van der Waals surface area (Å²) in [6, 6.07) is 0. The van der Waals surface area contributed by atoms with Crippen molar-refractivity contribution in [2.75, 3.05) is 13.2 Å².